The first-order chi connectivity index (χ1) is 12.4. The van der Waals surface area contributed by atoms with Gasteiger partial charge < -0.3 is 9.47 Å². The highest BCUT2D eigenvalue weighted by Gasteiger charge is 2.12. The van der Waals surface area contributed by atoms with Crippen LogP contribution in [0.1, 0.15) is 25.0 Å². The number of benzene rings is 2. The van der Waals surface area contributed by atoms with Crippen molar-refractivity contribution in [2.24, 2.45) is 5.10 Å². The Hall–Kier alpha value is -1.61. The van der Waals surface area contributed by atoms with Crippen LogP contribution in [0.5, 0.6) is 11.5 Å². The van der Waals surface area contributed by atoms with E-state index in [1.165, 1.54) is 0 Å². The van der Waals surface area contributed by atoms with E-state index in [1.54, 1.807) is 13.3 Å². The third-order valence-electron chi connectivity index (χ3n) is 3.29. The molecule has 2 rings (SSSR count). The van der Waals surface area contributed by atoms with Gasteiger partial charge in [0.1, 0.15) is 0 Å². The monoisotopic (exact) mass is 530 g/mol. The Bertz CT molecular complexity index is 792. The standard InChI is InChI=1S/C19H20BrIN2O3/c1-12(2)26-19-16(21)8-14(9-17(19)25-3)11-22-23-18(24)10-13-4-6-15(20)7-5-13/h4-9,11-12H,10H2,1-3H3,(H,23,24)/b22-11+. The van der Waals surface area contributed by atoms with Crippen LogP contribution in [0, 0.1) is 3.57 Å². The van der Waals surface area contributed by atoms with E-state index in [0.29, 0.717) is 11.5 Å². The summed E-state index contributed by atoms with van der Waals surface area (Å²) in [7, 11) is 1.60. The van der Waals surface area contributed by atoms with E-state index in [4.69, 9.17) is 9.47 Å². The number of hydrogen-bond donors (Lipinski definition) is 1. The van der Waals surface area contributed by atoms with Crippen LogP contribution in [0.3, 0.4) is 0 Å². The molecule has 1 amide bonds. The Morgan fingerprint density at radius 3 is 2.62 bits per heavy atom. The number of ether oxygens (including phenoxy) is 2. The van der Waals surface area contributed by atoms with E-state index < -0.39 is 0 Å². The van der Waals surface area contributed by atoms with Crippen LogP contribution in [0.15, 0.2) is 46.0 Å². The van der Waals surface area contributed by atoms with E-state index >= 15 is 0 Å². The second-order valence-electron chi connectivity index (χ2n) is 5.80. The van der Waals surface area contributed by atoms with E-state index in [-0.39, 0.29) is 18.4 Å². The van der Waals surface area contributed by atoms with Gasteiger partial charge in [-0.2, -0.15) is 5.10 Å². The maximum Gasteiger partial charge on any atom is 0.244 e. The third kappa shape index (κ3) is 6.28. The average molecular weight is 531 g/mol. The minimum atomic E-state index is -0.176. The largest absolute Gasteiger partial charge is 0.493 e. The number of hydrazone groups is 1. The summed E-state index contributed by atoms with van der Waals surface area (Å²) < 4.78 is 13.1. The normalized spacial score (nSPS) is 11.0. The van der Waals surface area contributed by atoms with Gasteiger partial charge >= 0.3 is 0 Å². The first-order valence-corrected chi connectivity index (χ1v) is 9.86. The number of carbonyl (C=O) groups is 1. The molecule has 7 heteroatoms. The van der Waals surface area contributed by atoms with Crippen LogP contribution in [-0.4, -0.2) is 25.3 Å². The lowest BCUT2D eigenvalue weighted by Gasteiger charge is -2.15. The molecule has 0 bridgehead atoms. The van der Waals surface area contributed by atoms with Gasteiger partial charge in [-0.05, 0) is 71.8 Å². The van der Waals surface area contributed by atoms with Crippen molar-refractivity contribution in [3.63, 3.8) is 0 Å². The highest BCUT2D eigenvalue weighted by atomic mass is 127. The van der Waals surface area contributed by atoms with Gasteiger partial charge in [0.15, 0.2) is 11.5 Å². The summed E-state index contributed by atoms with van der Waals surface area (Å²) in [6.45, 7) is 3.93. The zero-order chi connectivity index (χ0) is 19.1. The number of carbonyl (C=O) groups excluding carboxylic acids is 1. The number of halogens is 2. The molecule has 2 aromatic rings. The van der Waals surface area contributed by atoms with Crippen molar-refractivity contribution in [2.75, 3.05) is 7.11 Å². The predicted molar refractivity (Wildman–Crippen MR) is 115 cm³/mol. The second kappa shape index (κ2) is 9.91. The summed E-state index contributed by atoms with van der Waals surface area (Å²) in [5.74, 6) is 1.16. The predicted octanol–water partition coefficient (Wildman–Crippen LogP) is 4.54. The number of nitrogens with one attached hydrogen (secondary N) is 1. The number of methoxy groups -OCH3 is 1. The van der Waals surface area contributed by atoms with Crippen LogP contribution in [0.2, 0.25) is 0 Å². The van der Waals surface area contributed by atoms with E-state index in [1.807, 2.05) is 50.2 Å². The Kier molecular flexibility index (Phi) is 7.89. The molecule has 0 spiro atoms. The summed E-state index contributed by atoms with van der Waals surface area (Å²) in [4.78, 5) is 12.0. The maximum absolute atomic E-state index is 12.0. The first-order valence-electron chi connectivity index (χ1n) is 7.99. The van der Waals surface area contributed by atoms with Crippen molar-refractivity contribution in [1.82, 2.24) is 5.43 Å². The quantitative estimate of drug-likeness (QED) is 0.325. The molecule has 0 saturated heterocycles. The van der Waals surface area contributed by atoms with Gasteiger partial charge in [-0.1, -0.05) is 28.1 Å². The molecule has 0 aliphatic carbocycles. The van der Waals surface area contributed by atoms with Crippen molar-refractivity contribution in [3.8, 4) is 11.5 Å². The number of amides is 1. The smallest absolute Gasteiger partial charge is 0.244 e. The highest BCUT2D eigenvalue weighted by molar-refractivity contribution is 14.1. The van der Waals surface area contributed by atoms with E-state index in [9.17, 15) is 4.79 Å². The molecule has 5 nitrogen and oxygen atoms in total. The summed E-state index contributed by atoms with van der Waals surface area (Å²) in [5, 5.41) is 4.03. The SMILES string of the molecule is COc1cc(/C=N/NC(=O)Cc2ccc(Br)cc2)cc(I)c1OC(C)C. The minimum Gasteiger partial charge on any atom is -0.493 e. The molecule has 26 heavy (non-hydrogen) atoms. The molecular formula is C19H20BrIN2O3. The van der Waals surface area contributed by atoms with Crippen molar-refractivity contribution in [3.05, 3.63) is 55.6 Å². The van der Waals surface area contributed by atoms with Crippen LogP contribution in [-0.2, 0) is 11.2 Å². The minimum absolute atomic E-state index is 0.0508. The fraction of sp³-hybridized carbons (Fsp3) is 0.263. The van der Waals surface area contributed by atoms with E-state index in [2.05, 4.69) is 49.0 Å². The summed E-state index contributed by atoms with van der Waals surface area (Å²) >= 11 is 5.56. The summed E-state index contributed by atoms with van der Waals surface area (Å²) in [6, 6.07) is 11.3. The Morgan fingerprint density at radius 1 is 1.31 bits per heavy atom. The van der Waals surface area contributed by atoms with Gasteiger partial charge in [0.25, 0.3) is 0 Å². The number of rotatable bonds is 7. The molecule has 0 saturated carbocycles. The van der Waals surface area contributed by atoms with Gasteiger partial charge in [-0.25, -0.2) is 5.43 Å². The van der Waals surface area contributed by atoms with Crippen LogP contribution in [0.25, 0.3) is 0 Å². The van der Waals surface area contributed by atoms with Crippen LogP contribution < -0.4 is 14.9 Å². The molecule has 0 aromatic heterocycles. The molecule has 0 fully saturated rings. The highest BCUT2D eigenvalue weighted by Crippen LogP contribution is 2.34. The lowest BCUT2D eigenvalue weighted by Crippen LogP contribution is -2.19. The molecule has 0 radical (unpaired) electrons. The lowest BCUT2D eigenvalue weighted by atomic mass is 10.1. The molecule has 1 N–H and O–H groups in total. The zero-order valence-electron chi connectivity index (χ0n) is 14.8. The molecule has 138 valence electrons. The van der Waals surface area contributed by atoms with Crippen molar-refractivity contribution >= 4 is 50.6 Å². The van der Waals surface area contributed by atoms with Crippen molar-refractivity contribution in [2.45, 2.75) is 26.4 Å². The van der Waals surface area contributed by atoms with Gasteiger partial charge in [-0.15, -0.1) is 0 Å². The van der Waals surface area contributed by atoms with Crippen molar-refractivity contribution in [1.29, 1.82) is 0 Å². The van der Waals surface area contributed by atoms with Crippen molar-refractivity contribution < 1.29 is 14.3 Å². The topological polar surface area (TPSA) is 59.9 Å². The summed E-state index contributed by atoms with van der Waals surface area (Å²) in [5.41, 5.74) is 4.28. The van der Waals surface area contributed by atoms with Crippen LogP contribution in [0.4, 0.5) is 0 Å². The molecular weight excluding hydrogens is 511 g/mol. The first kappa shape index (κ1) is 20.7. The van der Waals surface area contributed by atoms with E-state index in [0.717, 1.165) is 19.2 Å². The molecule has 0 atom stereocenters. The maximum atomic E-state index is 12.0. The zero-order valence-corrected chi connectivity index (χ0v) is 18.5. The van der Waals surface area contributed by atoms with Gasteiger partial charge in [0, 0.05) is 4.47 Å². The molecule has 2 aromatic carbocycles. The van der Waals surface area contributed by atoms with Gasteiger partial charge in [0.2, 0.25) is 5.91 Å². The molecule has 0 heterocycles. The Morgan fingerprint density at radius 2 is 2.00 bits per heavy atom. The Balaban J connectivity index is 2.02. The number of nitrogens with zero attached hydrogens (tertiary/aromatic N) is 1. The van der Waals surface area contributed by atoms with Gasteiger partial charge in [-0.3, -0.25) is 4.79 Å². The Labute approximate surface area is 175 Å². The van der Waals surface area contributed by atoms with Gasteiger partial charge in [0.05, 0.1) is 29.4 Å². The fourth-order valence-electron chi connectivity index (χ4n) is 2.17. The van der Waals surface area contributed by atoms with Crippen LogP contribution >= 0.6 is 38.5 Å². The fourth-order valence-corrected chi connectivity index (χ4v) is 3.19. The summed E-state index contributed by atoms with van der Waals surface area (Å²) in [6.07, 6.45) is 1.91. The third-order valence-corrected chi connectivity index (χ3v) is 4.62. The molecule has 0 unspecified atom stereocenters. The molecule has 0 aliphatic heterocycles. The molecule has 0 aliphatic rings. The number of hydrogen-bond acceptors (Lipinski definition) is 4. The average Bonchev–Trinajstić information content (AvgIpc) is 2.58. The second-order valence-corrected chi connectivity index (χ2v) is 7.88. The lowest BCUT2D eigenvalue weighted by molar-refractivity contribution is -0.120.